The van der Waals surface area contributed by atoms with E-state index in [0.29, 0.717) is 5.56 Å². The zero-order valence-corrected chi connectivity index (χ0v) is 7.88. The van der Waals surface area contributed by atoms with Crippen LogP contribution in [-0.2, 0) is 10.2 Å². The lowest BCUT2D eigenvalue weighted by molar-refractivity contribution is -0.114. The number of carbonyl (C=O) groups is 1. The number of hydrogen-bond acceptors (Lipinski definition) is 2. The summed E-state index contributed by atoms with van der Waals surface area (Å²) in [5.74, 6) is 0. The molecule has 0 saturated carbocycles. The second-order valence-electron chi connectivity index (χ2n) is 2.88. The molecule has 66 valence electrons. The van der Waals surface area contributed by atoms with Crippen LogP contribution >= 0.6 is 11.6 Å². The summed E-state index contributed by atoms with van der Waals surface area (Å²) in [6.45, 7) is 1.51. The molecule has 0 N–H and O–H groups in total. The highest BCUT2D eigenvalue weighted by atomic mass is 35.5. The highest BCUT2D eigenvalue weighted by Crippen LogP contribution is 2.25. The summed E-state index contributed by atoms with van der Waals surface area (Å²) in [6.07, 6.45) is 0. The van der Waals surface area contributed by atoms with E-state index in [1.807, 2.05) is 12.1 Å². The molecular formula is C10H8ClNO. The van der Waals surface area contributed by atoms with Crippen LogP contribution in [0.3, 0.4) is 0 Å². The van der Waals surface area contributed by atoms with E-state index in [-0.39, 0.29) is 0 Å². The standard InChI is InChI=1S/C10H8ClNO/c1-10(7-12,9(11)13)8-5-3-2-4-6-8/h2-6H,1H3. The van der Waals surface area contributed by atoms with Crippen molar-refractivity contribution in [2.75, 3.05) is 0 Å². The van der Waals surface area contributed by atoms with Gasteiger partial charge in [-0.25, -0.2) is 0 Å². The average Bonchev–Trinajstić information content (AvgIpc) is 2.17. The van der Waals surface area contributed by atoms with Gasteiger partial charge in [0.2, 0.25) is 5.24 Å². The molecule has 0 radical (unpaired) electrons. The van der Waals surface area contributed by atoms with Crippen LogP contribution in [0.5, 0.6) is 0 Å². The van der Waals surface area contributed by atoms with Crippen molar-refractivity contribution < 1.29 is 4.79 Å². The Labute approximate surface area is 81.7 Å². The lowest BCUT2D eigenvalue weighted by Crippen LogP contribution is -2.26. The molecule has 1 rings (SSSR count). The number of nitriles is 1. The van der Waals surface area contributed by atoms with Crippen LogP contribution in [0.25, 0.3) is 0 Å². The third-order valence-electron chi connectivity index (χ3n) is 1.97. The molecule has 1 unspecified atom stereocenters. The maximum absolute atomic E-state index is 11.0. The van der Waals surface area contributed by atoms with Crippen molar-refractivity contribution in [1.82, 2.24) is 0 Å². The minimum Gasteiger partial charge on any atom is -0.279 e. The van der Waals surface area contributed by atoms with Crippen LogP contribution in [0, 0.1) is 11.3 Å². The molecule has 0 spiro atoms. The monoisotopic (exact) mass is 193 g/mol. The van der Waals surface area contributed by atoms with Crippen molar-refractivity contribution >= 4 is 16.8 Å². The first-order chi connectivity index (χ1) is 6.11. The molecule has 0 aliphatic rings. The summed E-state index contributed by atoms with van der Waals surface area (Å²) in [6, 6.07) is 10.7. The van der Waals surface area contributed by atoms with Crippen LogP contribution in [0.2, 0.25) is 0 Å². The van der Waals surface area contributed by atoms with Crippen LogP contribution in [0.4, 0.5) is 0 Å². The molecule has 13 heavy (non-hydrogen) atoms. The molecule has 0 saturated heterocycles. The Kier molecular flexibility index (Phi) is 2.69. The van der Waals surface area contributed by atoms with Crippen molar-refractivity contribution in [3.63, 3.8) is 0 Å². The first-order valence-corrected chi connectivity index (χ1v) is 4.16. The van der Waals surface area contributed by atoms with E-state index in [0.717, 1.165) is 0 Å². The second-order valence-corrected chi connectivity index (χ2v) is 3.22. The highest BCUT2D eigenvalue weighted by Gasteiger charge is 2.33. The number of hydrogen-bond donors (Lipinski definition) is 0. The largest absolute Gasteiger partial charge is 0.279 e. The Morgan fingerprint density at radius 3 is 2.38 bits per heavy atom. The van der Waals surface area contributed by atoms with Gasteiger partial charge in [0.1, 0.15) is 0 Å². The summed E-state index contributed by atoms with van der Waals surface area (Å²) in [7, 11) is 0. The quantitative estimate of drug-likeness (QED) is 0.676. The predicted molar refractivity (Wildman–Crippen MR) is 50.3 cm³/mol. The minimum absolute atomic E-state index is 0.623. The van der Waals surface area contributed by atoms with E-state index in [2.05, 4.69) is 0 Å². The number of benzene rings is 1. The van der Waals surface area contributed by atoms with Crippen LogP contribution in [-0.4, -0.2) is 5.24 Å². The van der Waals surface area contributed by atoms with Gasteiger partial charge in [-0.15, -0.1) is 0 Å². The molecule has 0 fully saturated rings. The van der Waals surface area contributed by atoms with Gasteiger partial charge < -0.3 is 0 Å². The summed E-state index contributed by atoms with van der Waals surface area (Å²) in [5.41, 5.74) is -0.611. The van der Waals surface area contributed by atoms with Crippen LogP contribution < -0.4 is 0 Å². The Balaban J connectivity index is 3.21. The molecule has 0 amide bonds. The Bertz CT molecular complexity index is 355. The minimum atomic E-state index is -1.23. The summed E-state index contributed by atoms with van der Waals surface area (Å²) in [5, 5.41) is 8.20. The first kappa shape index (κ1) is 9.76. The number of rotatable bonds is 2. The zero-order chi connectivity index (χ0) is 9.90. The van der Waals surface area contributed by atoms with Crippen molar-refractivity contribution in [1.29, 1.82) is 5.26 Å². The fraction of sp³-hybridized carbons (Fsp3) is 0.200. The van der Waals surface area contributed by atoms with Crippen LogP contribution in [0.1, 0.15) is 12.5 Å². The maximum Gasteiger partial charge on any atom is 0.246 e. The average molecular weight is 194 g/mol. The van der Waals surface area contributed by atoms with Gasteiger partial charge in [-0.2, -0.15) is 5.26 Å². The van der Waals surface area contributed by atoms with Crippen molar-refractivity contribution in [2.24, 2.45) is 0 Å². The second kappa shape index (κ2) is 3.59. The molecule has 1 atom stereocenters. The number of halogens is 1. The van der Waals surface area contributed by atoms with Gasteiger partial charge in [-0.3, -0.25) is 4.79 Å². The van der Waals surface area contributed by atoms with E-state index in [9.17, 15) is 4.79 Å². The smallest absolute Gasteiger partial charge is 0.246 e. The van der Waals surface area contributed by atoms with Crippen molar-refractivity contribution in [3.05, 3.63) is 35.9 Å². The fourth-order valence-electron chi connectivity index (χ4n) is 0.993. The summed E-state index contributed by atoms with van der Waals surface area (Å²) in [4.78, 5) is 11.0. The van der Waals surface area contributed by atoms with Gasteiger partial charge in [0.15, 0.2) is 5.41 Å². The molecule has 0 aromatic heterocycles. The molecule has 3 heteroatoms. The first-order valence-electron chi connectivity index (χ1n) is 3.78. The molecule has 0 aliphatic heterocycles. The van der Waals surface area contributed by atoms with E-state index >= 15 is 0 Å². The Hall–Kier alpha value is -1.33. The van der Waals surface area contributed by atoms with Crippen LogP contribution in [0.15, 0.2) is 30.3 Å². The van der Waals surface area contributed by atoms with Gasteiger partial charge in [-0.1, -0.05) is 30.3 Å². The molecule has 0 heterocycles. The Morgan fingerprint density at radius 1 is 1.46 bits per heavy atom. The molecule has 2 nitrogen and oxygen atoms in total. The molecule has 0 bridgehead atoms. The SMILES string of the molecule is CC(C#N)(C(=O)Cl)c1ccccc1. The predicted octanol–water partition coefficient (Wildman–Crippen LogP) is 2.23. The van der Waals surface area contributed by atoms with E-state index in [1.54, 1.807) is 24.3 Å². The van der Waals surface area contributed by atoms with E-state index in [1.165, 1.54) is 6.92 Å². The third kappa shape index (κ3) is 1.71. The topological polar surface area (TPSA) is 40.9 Å². The van der Waals surface area contributed by atoms with Gasteiger partial charge in [0.05, 0.1) is 6.07 Å². The summed E-state index contributed by atoms with van der Waals surface area (Å²) < 4.78 is 0. The van der Waals surface area contributed by atoms with Crippen molar-refractivity contribution in [3.8, 4) is 6.07 Å². The summed E-state index contributed by atoms with van der Waals surface area (Å²) >= 11 is 5.36. The van der Waals surface area contributed by atoms with Gasteiger partial charge >= 0.3 is 0 Å². The van der Waals surface area contributed by atoms with Crippen molar-refractivity contribution in [2.45, 2.75) is 12.3 Å². The lowest BCUT2D eigenvalue weighted by Gasteiger charge is -2.16. The molecule has 0 aliphatic carbocycles. The molecular weight excluding hydrogens is 186 g/mol. The normalized spacial score (nSPS) is 14.2. The Morgan fingerprint density at radius 2 is 2.00 bits per heavy atom. The number of carbonyl (C=O) groups excluding carboxylic acids is 1. The van der Waals surface area contributed by atoms with E-state index in [4.69, 9.17) is 16.9 Å². The third-order valence-corrected chi connectivity index (χ3v) is 2.35. The fourth-order valence-corrected chi connectivity index (χ4v) is 1.14. The number of nitrogens with zero attached hydrogens (tertiary/aromatic N) is 1. The lowest BCUT2D eigenvalue weighted by atomic mass is 9.85. The van der Waals surface area contributed by atoms with Gasteiger partial charge in [0.25, 0.3) is 0 Å². The van der Waals surface area contributed by atoms with E-state index < -0.39 is 10.7 Å². The molecule has 1 aromatic rings. The highest BCUT2D eigenvalue weighted by molar-refractivity contribution is 6.66. The maximum atomic E-state index is 11.0. The van der Waals surface area contributed by atoms with Gasteiger partial charge in [0, 0.05) is 0 Å². The molecule has 1 aromatic carbocycles. The zero-order valence-electron chi connectivity index (χ0n) is 7.12. The van der Waals surface area contributed by atoms with Gasteiger partial charge in [-0.05, 0) is 24.1 Å².